The third-order valence-electron chi connectivity index (χ3n) is 3.12. The Morgan fingerprint density at radius 2 is 1.76 bits per heavy atom. The number of hydrogen-bond acceptors (Lipinski definition) is 4. The van der Waals surface area contributed by atoms with Crippen molar-refractivity contribution in [1.29, 1.82) is 0 Å². The summed E-state index contributed by atoms with van der Waals surface area (Å²) in [4.78, 5) is 23.5. The molecule has 0 aliphatic heterocycles. The van der Waals surface area contributed by atoms with Gasteiger partial charge in [0.15, 0.2) is 6.61 Å². The number of benzene rings is 2. The topological polar surface area (TPSA) is 76.7 Å². The normalized spacial score (nSPS) is 10.0. The maximum absolute atomic E-state index is 13.0. The van der Waals surface area contributed by atoms with Gasteiger partial charge in [0.25, 0.3) is 5.91 Å². The van der Waals surface area contributed by atoms with Crippen molar-refractivity contribution in [3.05, 3.63) is 58.3 Å². The van der Waals surface area contributed by atoms with E-state index in [0.717, 1.165) is 5.56 Å². The summed E-state index contributed by atoms with van der Waals surface area (Å²) in [5, 5.41) is 0. The molecule has 0 aromatic heterocycles. The molecule has 0 saturated carbocycles. The van der Waals surface area contributed by atoms with E-state index in [1.54, 1.807) is 31.4 Å². The Kier molecular flexibility index (Phi) is 6.76. The molecule has 2 N–H and O–H groups in total. The summed E-state index contributed by atoms with van der Waals surface area (Å²) in [6.45, 7) is -0.326. The molecule has 6 nitrogen and oxygen atoms in total. The number of rotatable bonds is 6. The maximum Gasteiger partial charge on any atom is 0.276 e. The molecule has 2 aromatic rings. The number of carbonyl (C=O) groups excluding carboxylic acids is 2. The smallest absolute Gasteiger partial charge is 0.276 e. The van der Waals surface area contributed by atoms with Gasteiger partial charge in [-0.1, -0.05) is 12.1 Å². The van der Waals surface area contributed by atoms with Gasteiger partial charge in [-0.3, -0.25) is 20.4 Å². The fraction of sp³-hybridized carbons (Fsp3) is 0.176. The van der Waals surface area contributed by atoms with Gasteiger partial charge in [0.05, 0.1) is 18.0 Å². The number of amides is 2. The molecule has 0 unspecified atom stereocenters. The molecule has 0 spiro atoms. The summed E-state index contributed by atoms with van der Waals surface area (Å²) in [5.74, 6) is -0.321. The first-order valence-corrected chi connectivity index (χ1v) is 8.05. The minimum absolute atomic E-state index is 0.106. The third-order valence-corrected chi connectivity index (χ3v) is 3.74. The van der Waals surface area contributed by atoms with Crippen LogP contribution in [0, 0.1) is 5.82 Å². The van der Waals surface area contributed by atoms with Crippen molar-refractivity contribution < 1.29 is 23.5 Å². The highest BCUT2D eigenvalue weighted by molar-refractivity contribution is 9.10. The average Bonchev–Trinajstić information content (AvgIpc) is 2.60. The van der Waals surface area contributed by atoms with Crippen molar-refractivity contribution in [3.63, 3.8) is 0 Å². The summed E-state index contributed by atoms with van der Waals surface area (Å²) >= 11 is 3.13. The highest BCUT2D eigenvalue weighted by Crippen LogP contribution is 2.25. The molecule has 0 radical (unpaired) electrons. The fourth-order valence-corrected chi connectivity index (χ4v) is 2.35. The van der Waals surface area contributed by atoms with Crippen molar-refractivity contribution in [3.8, 4) is 11.5 Å². The van der Waals surface area contributed by atoms with Gasteiger partial charge < -0.3 is 9.47 Å². The molecule has 0 bridgehead atoms. The van der Waals surface area contributed by atoms with Crippen molar-refractivity contribution in [2.75, 3.05) is 13.7 Å². The van der Waals surface area contributed by atoms with Crippen LogP contribution in [0.3, 0.4) is 0 Å². The largest absolute Gasteiger partial charge is 0.497 e. The van der Waals surface area contributed by atoms with E-state index >= 15 is 0 Å². The number of methoxy groups -OCH3 is 1. The maximum atomic E-state index is 13.0. The fourth-order valence-electron chi connectivity index (χ4n) is 1.88. The highest BCUT2D eigenvalue weighted by Gasteiger charge is 2.09. The number of carbonyl (C=O) groups is 2. The van der Waals surface area contributed by atoms with Crippen LogP contribution in [0.4, 0.5) is 4.39 Å². The number of nitrogens with one attached hydrogen (secondary N) is 2. The summed E-state index contributed by atoms with van der Waals surface area (Å²) < 4.78 is 23.6. The Morgan fingerprint density at radius 1 is 1.08 bits per heavy atom. The molecule has 0 atom stereocenters. The van der Waals surface area contributed by atoms with E-state index in [2.05, 4.69) is 26.8 Å². The lowest BCUT2D eigenvalue weighted by Crippen LogP contribution is -2.44. The molecule has 0 aliphatic rings. The van der Waals surface area contributed by atoms with Gasteiger partial charge in [0, 0.05) is 0 Å². The second-order valence-corrected chi connectivity index (χ2v) is 5.84. The van der Waals surface area contributed by atoms with E-state index in [9.17, 15) is 14.0 Å². The van der Waals surface area contributed by atoms with Gasteiger partial charge in [-0.15, -0.1) is 0 Å². The lowest BCUT2D eigenvalue weighted by molar-refractivity contribution is -0.129. The molecule has 8 heteroatoms. The number of hydrazine groups is 1. The van der Waals surface area contributed by atoms with E-state index in [1.165, 1.54) is 18.2 Å². The number of ether oxygens (including phenoxy) is 2. The lowest BCUT2D eigenvalue weighted by atomic mass is 10.1. The van der Waals surface area contributed by atoms with Gasteiger partial charge in [0.2, 0.25) is 5.91 Å². The molecule has 25 heavy (non-hydrogen) atoms. The average molecular weight is 411 g/mol. The summed E-state index contributed by atoms with van der Waals surface area (Å²) in [5.41, 5.74) is 5.32. The van der Waals surface area contributed by atoms with Crippen LogP contribution >= 0.6 is 15.9 Å². The van der Waals surface area contributed by atoms with Crippen LogP contribution in [-0.4, -0.2) is 25.5 Å². The van der Waals surface area contributed by atoms with Gasteiger partial charge in [-0.2, -0.15) is 0 Å². The zero-order chi connectivity index (χ0) is 18.2. The van der Waals surface area contributed by atoms with Gasteiger partial charge in [-0.05, 0) is 51.8 Å². The Morgan fingerprint density at radius 3 is 2.40 bits per heavy atom. The molecule has 0 aliphatic carbocycles. The van der Waals surface area contributed by atoms with Gasteiger partial charge >= 0.3 is 0 Å². The lowest BCUT2D eigenvalue weighted by Gasteiger charge is -2.10. The monoisotopic (exact) mass is 410 g/mol. The van der Waals surface area contributed by atoms with E-state index in [4.69, 9.17) is 9.47 Å². The van der Waals surface area contributed by atoms with Crippen molar-refractivity contribution in [1.82, 2.24) is 10.9 Å². The van der Waals surface area contributed by atoms with Crippen molar-refractivity contribution in [2.45, 2.75) is 6.42 Å². The molecule has 2 amide bonds. The molecule has 2 rings (SSSR count). The third kappa shape index (κ3) is 6.07. The second-order valence-electron chi connectivity index (χ2n) is 4.98. The zero-order valence-corrected chi connectivity index (χ0v) is 14.9. The summed E-state index contributed by atoms with van der Waals surface area (Å²) in [7, 11) is 1.56. The summed E-state index contributed by atoms with van der Waals surface area (Å²) in [6, 6.07) is 10.9. The Bertz CT molecular complexity index is 753. The minimum Gasteiger partial charge on any atom is -0.497 e. The Balaban J connectivity index is 1.74. The van der Waals surface area contributed by atoms with Crippen LogP contribution in [0.15, 0.2) is 46.9 Å². The van der Waals surface area contributed by atoms with Crippen LogP contribution < -0.4 is 20.3 Å². The predicted molar refractivity (Wildman–Crippen MR) is 92.6 cm³/mol. The van der Waals surface area contributed by atoms with E-state index in [1.807, 2.05) is 0 Å². The van der Waals surface area contributed by atoms with Crippen LogP contribution in [0.1, 0.15) is 5.56 Å². The van der Waals surface area contributed by atoms with Crippen LogP contribution in [-0.2, 0) is 16.0 Å². The molecule has 0 fully saturated rings. The van der Waals surface area contributed by atoms with Gasteiger partial charge in [0.1, 0.15) is 17.3 Å². The van der Waals surface area contributed by atoms with Crippen LogP contribution in [0.5, 0.6) is 11.5 Å². The van der Waals surface area contributed by atoms with Crippen molar-refractivity contribution >= 4 is 27.7 Å². The first kappa shape index (κ1) is 18.7. The number of hydrogen-bond donors (Lipinski definition) is 2. The standard InChI is InChI=1S/C17H16BrFN2O4/c1-24-13-5-2-11(3-6-13)8-16(22)20-21-17(23)10-25-15-7-4-12(19)9-14(15)18/h2-7,9H,8,10H2,1H3,(H,20,22)(H,21,23). The molecule has 2 aromatic carbocycles. The molecule has 0 saturated heterocycles. The van der Waals surface area contributed by atoms with Crippen molar-refractivity contribution in [2.24, 2.45) is 0 Å². The molecule has 132 valence electrons. The van der Waals surface area contributed by atoms with E-state index in [0.29, 0.717) is 16.0 Å². The zero-order valence-electron chi connectivity index (χ0n) is 13.3. The first-order valence-electron chi connectivity index (χ1n) is 7.26. The molecule has 0 heterocycles. The van der Waals surface area contributed by atoms with Crippen LogP contribution in [0.25, 0.3) is 0 Å². The second kappa shape index (κ2) is 9.03. The summed E-state index contributed by atoms with van der Waals surface area (Å²) in [6.07, 6.45) is 0.106. The number of halogens is 2. The van der Waals surface area contributed by atoms with E-state index in [-0.39, 0.29) is 18.9 Å². The molecular formula is C17H16BrFN2O4. The van der Waals surface area contributed by atoms with E-state index < -0.39 is 11.7 Å². The van der Waals surface area contributed by atoms with Crippen LogP contribution in [0.2, 0.25) is 0 Å². The highest BCUT2D eigenvalue weighted by atomic mass is 79.9. The molecular weight excluding hydrogens is 395 g/mol. The Hall–Kier alpha value is -2.61. The Labute approximate surface area is 152 Å². The SMILES string of the molecule is COc1ccc(CC(=O)NNC(=O)COc2ccc(F)cc2Br)cc1. The minimum atomic E-state index is -0.542. The van der Waals surface area contributed by atoms with Gasteiger partial charge in [-0.25, -0.2) is 4.39 Å². The quantitative estimate of drug-likeness (QED) is 0.716. The first-order chi connectivity index (χ1) is 12.0. The predicted octanol–water partition coefficient (Wildman–Crippen LogP) is 2.37.